The molecule has 0 saturated heterocycles. The van der Waals surface area contributed by atoms with Gasteiger partial charge >= 0.3 is 0 Å². The zero-order valence-electron chi connectivity index (χ0n) is 19.2. The number of fused-ring (bicyclic) bond motifs is 3. The SMILES string of the molecule is CC1(C(=O)NC2CCCCCCC2)Cn2c(nc3ccccc32)C(=O)N1Cc1ccccn1. The fraction of sp³-hybridized carbons (Fsp3) is 0.462. The molecule has 3 aromatic rings. The number of aromatic nitrogens is 3. The molecule has 2 aliphatic rings. The first-order valence-corrected chi connectivity index (χ1v) is 12.0. The van der Waals surface area contributed by atoms with Crippen molar-refractivity contribution in [3.8, 4) is 0 Å². The van der Waals surface area contributed by atoms with E-state index in [0.29, 0.717) is 12.4 Å². The zero-order chi connectivity index (χ0) is 22.8. The first-order valence-electron chi connectivity index (χ1n) is 12.0. The van der Waals surface area contributed by atoms with Gasteiger partial charge in [-0.2, -0.15) is 0 Å². The van der Waals surface area contributed by atoms with E-state index in [1.807, 2.05) is 54.0 Å². The Hall–Kier alpha value is -3.22. The first-order chi connectivity index (χ1) is 16.1. The highest BCUT2D eigenvalue weighted by molar-refractivity contribution is 6.01. The van der Waals surface area contributed by atoms with E-state index in [4.69, 9.17) is 0 Å². The summed E-state index contributed by atoms with van der Waals surface area (Å²) in [5, 5.41) is 3.32. The maximum atomic E-state index is 13.8. The van der Waals surface area contributed by atoms with Crippen LogP contribution < -0.4 is 5.32 Å². The standard InChI is InChI=1S/C26H31N5O2/c1-26(25(33)28-19-11-5-3-2-4-6-12-19)18-30-22-15-8-7-14-21(22)29-23(30)24(32)31(26)17-20-13-9-10-16-27-20/h7-10,13-16,19H,2-6,11-12,17-18H2,1H3,(H,28,33). The van der Waals surface area contributed by atoms with Crippen molar-refractivity contribution in [2.24, 2.45) is 0 Å². The second-order valence-corrected chi connectivity index (χ2v) is 9.51. The molecule has 1 aromatic carbocycles. The summed E-state index contributed by atoms with van der Waals surface area (Å²) < 4.78 is 1.91. The van der Waals surface area contributed by atoms with Crippen molar-refractivity contribution in [1.82, 2.24) is 24.8 Å². The molecule has 3 heterocycles. The Balaban J connectivity index is 1.51. The lowest BCUT2D eigenvalue weighted by atomic mass is 9.92. The summed E-state index contributed by atoms with van der Waals surface area (Å²) in [6, 6.07) is 13.5. The van der Waals surface area contributed by atoms with Crippen LogP contribution in [0.4, 0.5) is 0 Å². The van der Waals surface area contributed by atoms with Gasteiger partial charge in [-0.1, -0.05) is 50.3 Å². The van der Waals surface area contributed by atoms with E-state index in [0.717, 1.165) is 42.4 Å². The summed E-state index contributed by atoms with van der Waals surface area (Å²) in [5.74, 6) is 0.0440. The van der Waals surface area contributed by atoms with Gasteiger partial charge in [-0.3, -0.25) is 14.6 Å². The molecule has 2 aromatic heterocycles. The lowest BCUT2D eigenvalue weighted by Gasteiger charge is -2.44. The Labute approximate surface area is 194 Å². The maximum Gasteiger partial charge on any atom is 0.291 e. The molecule has 1 N–H and O–H groups in total. The molecule has 0 spiro atoms. The highest BCUT2D eigenvalue weighted by Crippen LogP contribution is 2.32. The van der Waals surface area contributed by atoms with Crippen molar-refractivity contribution in [2.45, 2.75) is 76.5 Å². The van der Waals surface area contributed by atoms with Crippen LogP contribution in [0.3, 0.4) is 0 Å². The molecule has 1 unspecified atom stereocenters. The van der Waals surface area contributed by atoms with E-state index in [9.17, 15) is 9.59 Å². The summed E-state index contributed by atoms with van der Waals surface area (Å²) in [6.07, 6.45) is 9.69. The Morgan fingerprint density at radius 3 is 2.55 bits per heavy atom. The highest BCUT2D eigenvalue weighted by Gasteiger charge is 2.48. The molecule has 0 radical (unpaired) electrons. The highest BCUT2D eigenvalue weighted by atomic mass is 16.2. The van der Waals surface area contributed by atoms with E-state index >= 15 is 0 Å². The van der Waals surface area contributed by atoms with Crippen LogP contribution >= 0.6 is 0 Å². The normalized spacial score (nSPS) is 22.0. The van der Waals surface area contributed by atoms with Crippen molar-refractivity contribution in [3.05, 3.63) is 60.2 Å². The van der Waals surface area contributed by atoms with Crippen LogP contribution in [0.5, 0.6) is 0 Å². The number of hydrogen-bond donors (Lipinski definition) is 1. The van der Waals surface area contributed by atoms with Gasteiger partial charge in [0, 0.05) is 12.2 Å². The number of benzene rings is 1. The van der Waals surface area contributed by atoms with Crippen LogP contribution in [0.1, 0.15) is 68.2 Å². The van der Waals surface area contributed by atoms with E-state index in [2.05, 4.69) is 15.3 Å². The molecule has 7 nitrogen and oxygen atoms in total. The van der Waals surface area contributed by atoms with Crippen molar-refractivity contribution in [2.75, 3.05) is 0 Å². The molecule has 1 atom stereocenters. The fourth-order valence-electron chi connectivity index (χ4n) is 5.17. The van der Waals surface area contributed by atoms with Gasteiger partial charge in [0.2, 0.25) is 5.91 Å². The zero-order valence-corrected chi connectivity index (χ0v) is 19.2. The summed E-state index contributed by atoms with van der Waals surface area (Å²) >= 11 is 0. The molecule has 33 heavy (non-hydrogen) atoms. The van der Waals surface area contributed by atoms with Crippen molar-refractivity contribution < 1.29 is 9.59 Å². The molecular formula is C26H31N5O2. The minimum atomic E-state index is -1.05. The van der Waals surface area contributed by atoms with Gasteiger partial charge in [-0.05, 0) is 44.0 Å². The Kier molecular flexibility index (Phi) is 5.87. The quantitative estimate of drug-likeness (QED) is 0.656. The summed E-state index contributed by atoms with van der Waals surface area (Å²) in [7, 11) is 0. The number of carbonyl (C=O) groups is 2. The van der Waals surface area contributed by atoms with Crippen LogP contribution in [-0.2, 0) is 17.9 Å². The van der Waals surface area contributed by atoms with Gasteiger partial charge < -0.3 is 14.8 Å². The summed E-state index contributed by atoms with van der Waals surface area (Å²) in [5.41, 5.74) is 1.35. The van der Waals surface area contributed by atoms with Crippen LogP contribution in [0, 0.1) is 0 Å². The minimum absolute atomic E-state index is 0.0965. The van der Waals surface area contributed by atoms with E-state index in [1.54, 1.807) is 11.1 Å². The molecule has 1 saturated carbocycles. The number of para-hydroxylation sites is 2. The predicted molar refractivity (Wildman–Crippen MR) is 126 cm³/mol. The van der Waals surface area contributed by atoms with Gasteiger partial charge in [0.05, 0.1) is 29.8 Å². The molecular weight excluding hydrogens is 414 g/mol. The minimum Gasteiger partial charge on any atom is -0.351 e. The number of imidazole rings is 1. The maximum absolute atomic E-state index is 13.8. The monoisotopic (exact) mass is 445 g/mol. The third-order valence-corrected chi connectivity index (χ3v) is 7.13. The number of pyridine rings is 1. The van der Waals surface area contributed by atoms with E-state index in [-0.39, 0.29) is 24.4 Å². The van der Waals surface area contributed by atoms with Crippen LogP contribution in [0.25, 0.3) is 11.0 Å². The molecule has 2 amide bonds. The summed E-state index contributed by atoms with van der Waals surface area (Å²) in [4.78, 5) is 38.3. The Morgan fingerprint density at radius 1 is 1.06 bits per heavy atom. The van der Waals surface area contributed by atoms with E-state index in [1.165, 1.54) is 19.3 Å². The first kappa shape index (κ1) is 21.6. The third-order valence-electron chi connectivity index (χ3n) is 7.13. The molecule has 5 rings (SSSR count). The molecule has 7 heteroatoms. The smallest absolute Gasteiger partial charge is 0.291 e. The lowest BCUT2D eigenvalue weighted by Crippen LogP contribution is -2.64. The number of nitrogens with one attached hydrogen (secondary N) is 1. The molecule has 1 aliphatic carbocycles. The fourth-order valence-corrected chi connectivity index (χ4v) is 5.17. The third kappa shape index (κ3) is 4.12. The largest absolute Gasteiger partial charge is 0.351 e. The van der Waals surface area contributed by atoms with Crippen molar-refractivity contribution in [1.29, 1.82) is 0 Å². The molecule has 1 fully saturated rings. The average molecular weight is 446 g/mol. The van der Waals surface area contributed by atoms with Gasteiger partial charge in [0.15, 0.2) is 5.82 Å². The number of hydrogen-bond acceptors (Lipinski definition) is 4. The molecule has 172 valence electrons. The number of nitrogens with zero attached hydrogens (tertiary/aromatic N) is 4. The number of amides is 2. The van der Waals surface area contributed by atoms with Gasteiger partial charge in [-0.25, -0.2) is 4.98 Å². The van der Waals surface area contributed by atoms with Gasteiger partial charge in [0.1, 0.15) is 5.54 Å². The second-order valence-electron chi connectivity index (χ2n) is 9.51. The topological polar surface area (TPSA) is 80.1 Å². The predicted octanol–water partition coefficient (Wildman–Crippen LogP) is 4.08. The van der Waals surface area contributed by atoms with Crippen LogP contribution in [0.15, 0.2) is 48.7 Å². The molecule has 1 aliphatic heterocycles. The Bertz CT molecular complexity index is 1150. The second kappa shape index (κ2) is 8.96. The van der Waals surface area contributed by atoms with Crippen molar-refractivity contribution in [3.63, 3.8) is 0 Å². The van der Waals surface area contributed by atoms with Gasteiger partial charge in [0.25, 0.3) is 5.91 Å². The van der Waals surface area contributed by atoms with Crippen LogP contribution in [-0.4, -0.2) is 42.8 Å². The average Bonchev–Trinajstić information content (AvgIpc) is 3.17. The van der Waals surface area contributed by atoms with E-state index < -0.39 is 5.54 Å². The van der Waals surface area contributed by atoms with Gasteiger partial charge in [-0.15, -0.1) is 0 Å². The Morgan fingerprint density at radius 2 is 1.79 bits per heavy atom. The van der Waals surface area contributed by atoms with Crippen LogP contribution in [0.2, 0.25) is 0 Å². The van der Waals surface area contributed by atoms with Crippen molar-refractivity contribution >= 4 is 22.8 Å². The lowest BCUT2D eigenvalue weighted by molar-refractivity contribution is -0.134. The summed E-state index contributed by atoms with van der Waals surface area (Å²) in [6.45, 7) is 2.50. The molecule has 0 bridgehead atoms. The number of carbonyl (C=O) groups excluding carboxylic acids is 2. The number of rotatable bonds is 4.